The van der Waals surface area contributed by atoms with Gasteiger partial charge in [0.25, 0.3) is 0 Å². The number of nitrogens with two attached hydrogens (primary N) is 1. The fourth-order valence-corrected chi connectivity index (χ4v) is 2.51. The van der Waals surface area contributed by atoms with E-state index < -0.39 is 0 Å². The van der Waals surface area contributed by atoms with Gasteiger partial charge in [-0.15, -0.1) is 5.10 Å². The summed E-state index contributed by atoms with van der Waals surface area (Å²) in [5.74, 6) is 5.64. The number of nitrogens with one attached hydrogen (secondary N) is 1. The van der Waals surface area contributed by atoms with E-state index in [9.17, 15) is 0 Å². The highest BCUT2D eigenvalue weighted by Crippen LogP contribution is 2.23. The van der Waals surface area contributed by atoms with Gasteiger partial charge in [-0.1, -0.05) is 35.0 Å². The quantitative estimate of drug-likeness (QED) is 0.665. The van der Waals surface area contributed by atoms with E-state index in [0.29, 0.717) is 0 Å². The van der Waals surface area contributed by atoms with Crippen LogP contribution in [0.25, 0.3) is 0 Å². The van der Waals surface area contributed by atoms with E-state index in [4.69, 9.17) is 5.84 Å². The van der Waals surface area contributed by atoms with E-state index in [1.54, 1.807) is 4.68 Å². The standard InChI is InChI=1S/C12H16BrN5/c1-8-3-5-9(6-4-8)7-10(15-14)11-12(13)16-17-18(11)2/h3-6,10,15H,7,14H2,1-2H3. The average Bonchev–Trinajstić information content (AvgIpc) is 2.69. The molecule has 0 aliphatic carbocycles. The Morgan fingerprint density at radius 3 is 2.56 bits per heavy atom. The molecule has 0 saturated heterocycles. The van der Waals surface area contributed by atoms with Gasteiger partial charge in [0.15, 0.2) is 4.60 Å². The minimum atomic E-state index is -0.0259. The smallest absolute Gasteiger partial charge is 0.153 e. The molecule has 0 bridgehead atoms. The van der Waals surface area contributed by atoms with E-state index in [1.807, 2.05) is 7.05 Å². The van der Waals surface area contributed by atoms with Gasteiger partial charge >= 0.3 is 0 Å². The third-order valence-electron chi connectivity index (χ3n) is 2.92. The van der Waals surface area contributed by atoms with Crippen molar-refractivity contribution in [3.63, 3.8) is 0 Å². The summed E-state index contributed by atoms with van der Waals surface area (Å²) in [6.07, 6.45) is 0.788. The van der Waals surface area contributed by atoms with Gasteiger partial charge < -0.3 is 0 Å². The summed E-state index contributed by atoms with van der Waals surface area (Å²) in [5, 5.41) is 7.94. The topological polar surface area (TPSA) is 68.8 Å². The number of aromatic nitrogens is 3. The first-order chi connectivity index (χ1) is 8.61. The average molecular weight is 310 g/mol. The van der Waals surface area contributed by atoms with Gasteiger partial charge in [0.2, 0.25) is 0 Å². The zero-order valence-corrected chi connectivity index (χ0v) is 12.0. The Balaban J connectivity index is 2.22. The van der Waals surface area contributed by atoms with Crippen molar-refractivity contribution in [3.05, 3.63) is 45.7 Å². The third kappa shape index (κ3) is 2.77. The highest BCUT2D eigenvalue weighted by Gasteiger charge is 2.19. The van der Waals surface area contributed by atoms with Crippen LogP contribution < -0.4 is 11.3 Å². The zero-order valence-electron chi connectivity index (χ0n) is 10.4. The largest absolute Gasteiger partial charge is 0.271 e. The molecule has 0 aliphatic heterocycles. The molecular formula is C12H16BrN5. The molecule has 1 aromatic carbocycles. The summed E-state index contributed by atoms with van der Waals surface area (Å²) in [6.45, 7) is 2.07. The molecule has 2 rings (SSSR count). The predicted molar refractivity (Wildman–Crippen MR) is 73.7 cm³/mol. The summed E-state index contributed by atoms with van der Waals surface area (Å²) in [6, 6.07) is 8.38. The van der Waals surface area contributed by atoms with Crippen LogP contribution in [0.3, 0.4) is 0 Å². The Morgan fingerprint density at radius 1 is 1.39 bits per heavy atom. The molecule has 1 heterocycles. The molecule has 0 fully saturated rings. The van der Waals surface area contributed by atoms with E-state index in [2.05, 4.69) is 62.9 Å². The Morgan fingerprint density at radius 2 is 2.06 bits per heavy atom. The Bertz CT molecular complexity index is 500. The highest BCUT2D eigenvalue weighted by molar-refractivity contribution is 9.10. The molecule has 18 heavy (non-hydrogen) atoms. The van der Waals surface area contributed by atoms with Crippen LogP contribution in [0.15, 0.2) is 28.9 Å². The number of hydrogen-bond donors (Lipinski definition) is 2. The Kier molecular flexibility index (Phi) is 4.11. The van der Waals surface area contributed by atoms with Crippen molar-refractivity contribution in [2.45, 2.75) is 19.4 Å². The Labute approximate surface area is 114 Å². The lowest BCUT2D eigenvalue weighted by molar-refractivity contribution is 0.505. The van der Waals surface area contributed by atoms with Gasteiger partial charge in [-0.2, -0.15) is 0 Å². The fraction of sp³-hybridized carbons (Fsp3) is 0.333. The molecule has 1 aromatic heterocycles. The summed E-state index contributed by atoms with van der Waals surface area (Å²) in [7, 11) is 1.85. The van der Waals surface area contributed by atoms with Gasteiger partial charge in [-0.25, -0.2) is 4.68 Å². The molecule has 0 radical (unpaired) electrons. The number of rotatable bonds is 4. The summed E-state index contributed by atoms with van der Waals surface area (Å²) >= 11 is 3.39. The maximum atomic E-state index is 5.64. The number of hydrazine groups is 1. The summed E-state index contributed by atoms with van der Waals surface area (Å²) < 4.78 is 2.45. The first kappa shape index (κ1) is 13.2. The molecule has 0 aliphatic rings. The van der Waals surface area contributed by atoms with E-state index in [1.165, 1.54) is 11.1 Å². The molecule has 96 valence electrons. The lowest BCUT2D eigenvalue weighted by Crippen LogP contribution is -2.31. The lowest BCUT2D eigenvalue weighted by atomic mass is 10.0. The zero-order chi connectivity index (χ0) is 13.1. The second-order valence-electron chi connectivity index (χ2n) is 4.30. The van der Waals surface area contributed by atoms with Crippen LogP contribution in [0, 0.1) is 6.92 Å². The van der Waals surface area contributed by atoms with Crippen LogP contribution in [0.1, 0.15) is 22.9 Å². The van der Waals surface area contributed by atoms with Crippen molar-refractivity contribution >= 4 is 15.9 Å². The monoisotopic (exact) mass is 309 g/mol. The van der Waals surface area contributed by atoms with Crippen LogP contribution in [0.2, 0.25) is 0 Å². The molecule has 1 atom stereocenters. The molecular weight excluding hydrogens is 294 g/mol. The van der Waals surface area contributed by atoms with Crippen LogP contribution in [-0.2, 0) is 13.5 Å². The normalized spacial score (nSPS) is 12.7. The minimum absolute atomic E-state index is 0.0259. The van der Waals surface area contributed by atoms with E-state index >= 15 is 0 Å². The molecule has 3 N–H and O–H groups in total. The lowest BCUT2D eigenvalue weighted by Gasteiger charge is -2.16. The van der Waals surface area contributed by atoms with Crippen LogP contribution in [0.5, 0.6) is 0 Å². The van der Waals surface area contributed by atoms with Gasteiger partial charge in [0.1, 0.15) is 0 Å². The molecule has 6 heteroatoms. The van der Waals surface area contributed by atoms with Crippen LogP contribution in [-0.4, -0.2) is 15.0 Å². The number of nitrogens with zero attached hydrogens (tertiary/aromatic N) is 3. The van der Waals surface area contributed by atoms with E-state index in [0.717, 1.165) is 16.7 Å². The molecule has 5 nitrogen and oxygen atoms in total. The predicted octanol–water partition coefficient (Wildman–Crippen LogP) is 1.63. The highest BCUT2D eigenvalue weighted by atomic mass is 79.9. The SMILES string of the molecule is Cc1ccc(CC(NN)c2c(Br)nnn2C)cc1. The maximum Gasteiger partial charge on any atom is 0.153 e. The molecule has 0 spiro atoms. The van der Waals surface area contributed by atoms with Crippen LogP contribution >= 0.6 is 15.9 Å². The number of benzene rings is 1. The number of aryl methyl sites for hydroxylation is 2. The molecule has 0 amide bonds. The second kappa shape index (κ2) is 5.60. The number of hydrogen-bond acceptors (Lipinski definition) is 4. The second-order valence-corrected chi connectivity index (χ2v) is 5.05. The van der Waals surface area contributed by atoms with Gasteiger partial charge in [0, 0.05) is 7.05 Å². The third-order valence-corrected chi connectivity index (χ3v) is 3.48. The van der Waals surface area contributed by atoms with Crippen molar-refractivity contribution in [3.8, 4) is 0 Å². The molecule has 0 saturated carbocycles. The van der Waals surface area contributed by atoms with Crippen molar-refractivity contribution in [2.24, 2.45) is 12.9 Å². The first-order valence-corrected chi connectivity index (χ1v) is 6.48. The van der Waals surface area contributed by atoms with Crippen LogP contribution in [0.4, 0.5) is 0 Å². The minimum Gasteiger partial charge on any atom is -0.271 e. The van der Waals surface area contributed by atoms with E-state index in [-0.39, 0.29) is 6.04 Å². The van der Waals surface area contributed by atoms with Crippen molar-refractivity contribution in [1.82, 2.24) is 20.4 Å². The van der Waals surface area contributed by atoms with Crippen molar-refractivity contribution in [1.29, 1.82) is 0 Å². The fourth-order valence-electron chi connectivity index (χ4n) is 1.90. The van der Waals surface area contributed by atoms with Gasteiger partial charge in [0.05, 0.1) is 11.7 Å². The van der Waals surface area contributed by atoms with Crippen molar-refractivity contribution in [2.75, 3.05) is 0 Å². The van der Waals surface area contributed by atoms with Gasteiger partial charge in [-0.05, 0) is 34.8 Å². The molecule has 2 aromatic rings. The summed E-state index contributed by atoms with van der Waals surface area (Å²) in [5.41, 5.74) is 6.23. The summed E-state index contributed by atoms with van der Waals surface area (Å²) in [4.78, 5) is 0. The Hall–Kier alpha value is -1.24. The maximum absolute atomic E-state index is 5.64. The van der Waals surface area contributed by atoms with Gasteiger partial charge in [-0.3, -0.25) is 11.3 Å². The number of halogens is 1. The van der Waals surface area contributed by atoms with Crippen molar-refractivity contribution < 1.29 is 0 Å². The first-order valence-electron chi connectivity index (χ1n) is 5.68. The molecule has 1 unspecified atom stereocenters.